The molecule has 2 rings (SSSR count). The van der Waals surface area contributed by atoms with Crippen LogP contribution in [0.15, 0.2) is 48.5 Å². The first-order valence-corrected chi connectivity index (χ1v) is 9.83. The van der Waals surface area contributed by atoms with Crippen molar-refractivity contribution in [2.75, 3.05) is 0 Å². The van der Waals surface area contributed by atoms with Gasteiger partial charge in [-0.1, -0.05) is 37.8 Å². The molecule has 0 aromatic heterocycles. The van der Waals surface area contributed by atoms with Crippen LogP contribution in [0.2, 0.25) is 0 Å². The van der Waals surface area contributed by atoms with Gasteiger partial charge < -0.3 is 9.53 Å². The smallest absolute Gasteiger partial charge is 0.130 e. The predicted molar refractivity (Wildman–Crippen MR) is 112 cm³/mol. The Bertz CT molecular complexity index is 776. The van der Waals surface area contributed by atoms with Gasteiger partial charge in [0, 0.05) is 17.5 Å². The summed E-state index contributed by atoms with van der Waals surface area (Å²) < 4.78 is 5.79. The van der Waals surface area contributed by atoms with Crippen molar-refractivity contribution in [2.45, 2.75) is 59.5 Å². The van der Waals surface area contributed by atoms with E-state index in [9.17, 15) is 4.79 Å². The Hall–Kier alpha value is -2.53. The SMILES string of the molecule is CCC(C)Oc1ccc(C#Cc2ccc(CCC(C)CC(C)=O)cc2)cc1. The number of carbonyl (C=O) groups is 1. The highest BCUT2D eigenvalue weighted by Gasteiger charge is 2.05. The highest BCUT2D eigenvalue weighted by Crippen LogP contribution is 2.15. The molecule has 0 saturated carbocycles. The molecule has 0 spiro atoms. The normalized spacial score (nSPS) is 12.6. The van der Waals surface area contributed by atoms with Gasteiger partial charge in [-0.05, 0) is 81.0 Å². The lowest BCUT2D eigenvalue weighted by Crippen LogP contribution is -2.09. The van der Waals surface area contributed by atoms with Crippen molar-refractivity contribution in [1.29, 1.82) is 0 Å². The van der Waals surface area contributed by atoms with E-state index in [0.29, 0.717) is 12.3 Å². The van der Waals surface area contributed by atoms with Crippen molar-refractivity contribution >= 4 is 5.78 Å². The maximum Gasteiger partial charge on any atom is 0.130 e. The maximum atomic E-state index is 11.2. The van der Waals surface area contributed by atoms with Gasteiger partial charge in [0.05, 0.1) is 6.10 Å². The lowest BCUT2D eigenvalue weighted by molar-refractivity contribution is -0.117. The number of hydrogen-bond acceptors (Lipinski definition) is 2. The number of ether oxygens (including phenoxy) is 1. The number of Topliss-reactive ketones (excluding diaryl/α,β-unsaturated/α-hetero) is 1. The summed E-state index contributed by atoms with van der Waals surface area (Å²) in [5.41, 5.74) is 3.28. The van der Waals surface area contributed by atoms with E-state index in [1.807, 2.05) is 24.3 Å². The molecule has 0 aliphatic heterocycles. The minimum Gasteiger partial charge on any atom is -0.491 e. The Morgan fingerprint density at radius 1 is 0.963 bits per heavy atom. The number of hydrogen-bond donors (Lipinski definition) is 0. The van der Waals surface area contributed by atoms with Crippen molar-refractivity contribution in [2.24, 2.45) is 5.92 Å². The Morgan fingerprint density at radius 3 is 2.04 bits per heavy atom. The van der Waals surface area contributed by atoms with Gasteiger partial charge in [-0.3, -0.25) is 0 Å². The van der Waals surface area contributed by atoms with Crippen LogP contribution in [0.3, 0.4) is 0 Å². The maximum absolute atomic E-state index is 11.2. The summed E-state index contributed by atoms with van der Waals surface area (Å²) in [6.07, 6.45) is 3.93. The molecular formula is C25H30O2. The average molecular weight is 363 g/mol. The average Bonchev–Trinajstić information content (AvgIpc) is 2.66. The molecule has 2 atom stereocenters. The van der Waals surface area contributed by atoms with Crippen LogP contribution in [0.1, 0.15) is 63.6 Å². The molecule has 2 aromatic rings. The second kappa shape index (κ2) is 10.6. The fourth-order valence-electron chi connectivity index (χ4n) is 2.84. The molecule has 27 heavy (non-hydrogen) atoms. The summed E-state index contributed by atoms with van der Waals surface area (Å²) in [4.78, 5) is 11.2. The Balaban J connectivity index is 1.90. The fourth-order valence-corrected chi connectivity index (χ4v) is 2.84. The van der Waals surface area contributed by atoms with Crippen molar-refractivity contribution < 1.29 is 9.53 Å². The van der Waals surface area contributed by atoms with Gasteiger partial charge in [0.15, 0.2) is 0 Å². The summed E-state index contributed by atoms with van der Waals surface area (Å²) in [6, 6.07) is 16.3. The molecule has 142 valence electrons. The molecule has 0 fully saturated rings. The zero-order chi connectivity index (χ0) is 19.6. The quantitative estimate of drug-likeness (QED) is 0.554. The van der Waals surface area contributed by atoms with Crippen LogP contribution in [-0.4, -0.2) is 11.9 Å². The summed E-state index contributed by atoms with van der Waals surface area (Å²) in [7, 11) is 0. The van der Waals surface area contributed by atoms with Crippen molar-refractivity contribution in [3.05, 3.63) is 65.2 Å². The van der Waals surface area contributed by atoms with Crippen LogP contribution in [0.25, 0.3) is 0 Å². The zero-order valence-corrected chi connectivity index (χ0v) is 16.9. The third-order valence-electron chi connectivity index (χ3n) is 4.63. The number of aryl methyl sites for hydroxylation is 1. The minimum absolute atomic E-state index is 0.228. The molecule has 0 radical (unpaired) electrons. The van der Waals surface area contributed by atoms with Gasteiger partial charge in [-0.25, -0.2) is 0 Å². The summed E-state index contributed by atoms with van der Waals surface area (Å²) >= 11 is 0. The molecule has 2 heteroatoms. The number of ketones is 1. The summed E-state index contributed by atoms with van der Waals surface area (Å²) in [5, 5.41) is 0. The molecule has 0 N–H and O–H groups in total. The van der Waals surface area contributed by atoms with E-state index >= 15 is 0 Å². The number of rotatable bonds is 8. The molecule has 0 amide bonds. The van der Waals surface area contributed by atoms with E-state index in [1.54, 1.807) is 6.92 Å². The second-order valence-electron chi connectivity index (χ2n) is 7.36. The second-order valence-corrected chi connectivity index (χ2v) is 7.36. The molecule has 0 saturated heterocycles. The van der Waals surface area contributed by atoms with E-state index < -0.39 is 0 Å². The zero-order valence-electron chi connectivity index (χ0n) is 16.9. The van der Waals surface area contributed by atoms with Crippen molar-refractivity contribution in [3.63, 3.8) is 0 Å². The van der Waals surface area contributed by atoms with Crippen LogP contribution in [0, 0.1) is 17.8 Å². The third kappa shape index (κ3) is 7.71. The highest BCUT2D eigenvalue weighted by atomic mass is 16.5. The van der Waals surface area contributed by atoms with E-state index in [0.717, 1.165) is 36.1 Å². The lowest BCUT2D eigenvalue weighted by atomic mass is 9.96. The molecule has 0 aliphatic carbocycles. The molecule has 0 heterocycles. The Kier molecular flexibility index (Phi) is 8.14. The standard InChI is InChI=1S/C25H30O2/c1-5-21(4)27-25-16-14-24(15-17-25)13-12-23-10-8-22(9-11-23)7-6-19(2)18-20(3)26/h8-11,14-17,19,21H,5-7,18H2,1-4H3. The van der Waals surface area contributed by atoms with Crippen LogP contribution >= 0.6 is 0 Å². The van der Waals surface area contributed by atoms with Crippen molar-refractivity contribution in [3.8, 4) is 17.6 Å². The minimum atomic E-state index is 0.228. The predicted octanol–water partition coefficient (Wildman–Crippen LogP) is 5.81. The number of carbonyl (C=O) groups excluding carboxylic acids is 1. The van der Waals surface area contributed by atoms with Crippen LogP contribution in [-0.2, 0) is 11.2 Å². The van der Waals surface area contributed by atoms with Crippen LogP contribution < -0.4 is 4.74 Å². The van der Waals surface area contributed by atoms with Crippen molar-refractivity contribution in [1.82, 2.24) is 0 Å². The monoisotopic (exact) mass is 362 g/mol. The molecule has 2 unspecified atom stereocenters. The Labute approximate surface area is 164 Å². The summed E-state index contributed by atoms with van der Waals surface area (Å²) in [6.45, 7) is 7.99. The largest absolute Gasteiger partial charge is 0.491 e. The van der Waals surface area contributed by atoms with E-state index in [1.165, 1.54) is 5.56 Å². The van der Waals surface area contributed by atoms with Gasteiger partial charge in [-0.2, -0.15) is 0 Å². The third-order valence-corrected chi connectivity index (χ3v) is 4.63. The van der Waals surface area contributed by atoms with Gasteiger partial charge in [0.25, 0.3) is 0 Å². The van der Waals surface area contributed by atoms with Crippen LogP contribution in [0.4, 0.5) is 0 Å². The van der Waals surface area contributed by atoms with Gasteiger partial charge in [0.2, 0.25) is 0 Å². The van der Waals surface area contributed by atoms with E-state index in [-0.39, 0.29) is 11.9 Å². The molecular weight excluding hydrogens is 332 g/mol. The first-order chi connectivity index (χ1) is 13.0. The fraction of sp³-hybridized carbons (Fsp3) is 0.400. The molecule has 0 bridgehead atoms. The van der Waals surface area contributed by atoms with Gasteiger partial charge in [0.1, 0.15) is 11.5 Å². The molecule has 0 aliphatic rings. The van der Waals surface area contributed by atoms with E-state index in [2.05, 4.69) is 56.9 Å². The van der Waals surface area contributed by atoms with Gasteiger partial charge >= 0.3 is 0 Å². The molecule has 2 aromatic carbocycles. The van der Waals surface area contributed by atoms with Crippen LogP contribution in [0.5, 0.6) is 5.75 Å². The Morgan fingerprint density at radius 2 is 1.52 bits per heavy atom. The summed E-state index contributed by atoms with van der Waals surface area (Å²) in [5.74, 6) is 8.02. The first kappa shape index (κ1) is 20.8. The number of benzene rings is 2. The highest BCUT2D eigenvalue weighted by molar-refractivity contribution is 5.75. The van der Waals surface area contributed by atoms with Gasteiger partial charge in [-0.15, -0.1) is 0 Å². The first-order valence-electron chi connectivity index (χ1n) is 9.83. The lowest BCUT2D eigenvalue weighted by Gasteiger charge is -2.11. The topological polar surface area (TPSA) is 26.3 Å². The van der Waals surface area contributed by atoms with E-state index in [4.69, 9.17) is 4.74 Å². The molecule has 2 nitrogen and oxygen atoms in total.